The van der Waals surface area contributed by atoms with Gasteiger partial charge in [-0.05, 0) is 162 Å². The van der Waals surface area contributed by atoms with E-state index in [1.165, 1.54) is 107 Å². The summed E-state index contributed by atoms with van der Waals surface area (Å²) in [6.07, 6.45) is 2.34. The molecule has 0 spiro atoms. The zero-order valence-corrected chi connectivity index (χ0v) is 42.3. The van der Waals surface area contributed by atoms with Gasteiger partial charge >= 0.3 is 0 Å². The topological polar surface area (TPSA) is 6.48 Å². The normalized spacial score (nSPS) is 16.5. The Kier molecular flexibility index (Phi) is 10.0. The minimum atomic E-state index is -0.0246. The average Bonchev–Trinajstić information content (AvgIpc) is 3.20. The van der Waals surface area contributed by atoms with Crippen LogP contribution in [0.25, 0.3) is 11.1 Å². The van der Waals surface area contributed by atoms with Gasteiger partial charge in [0.15, 0.2) is 0 Å². The fraction of sp³-hybridized carbons (Fsp3) is 0.410. The number of rotatable bonds is 3. The van der Waals surface area contributed by atoms with Gasteiger partial charge in [-0.25, -0.2) is 0 Å². The Morgan fingerprint density at radius 2 is 0.828 bits per heavy atom. The summed E-state index contributed by atoms with van der Waals surface area (Å²) in [7, 11) is 0. The summed E-state index contributed by atoms with van der Waals surface area (Å²) >= 11 is 0. The molecule has 0 fully saturated rings. The van der Waals surface area contributed by atoms with Crippen LogP contribution in [0.15, 0.2) is 109 Å². The number of anilines is 6. The van der Waals surface area contributed by atoms with Crippen LogP contribution in [-0.2, 0) is 32.5 Å². The second kappa shape index (κ2) is 14.5. The minimum absolute atomic E-state index is 0.0114. The molecular weight excluding hydrogens is 771 g/mol. The Labute approximate surface area is 387 Å². The molecule has 64 heavy (non-hydrogen) atoms. The summed E-state index contributed by atoms with van der Waals surface area (Å²) in [5.41, 5.74) is 24.1. The van der Waals surface area contributed by atoms with Crippen LogP contribution < -0.4 is 26.2 Å². The van der Waals surface area contributed by atoms with Gasteiger partial charge in [-0.3, -0.25) is 0 Å². The Bertz CT molecular complexity index is 2810. The number of nitrogens with zero attached hydrogens (tertiary/aromatic N) is 2. The van der Waals surface area contributed by atoms with E-state index >= 15 is 0 Å². The first kappa shape index (κ1) is 44.2. The van der Waals surface area contributed by atoms with Gasteiger partial charge in [-0.2, -0.15) is 0 Å². The molecule has 1 aliphatic carbocycles. The Hall–Kier alpha value is -5.02. The molecule has 3 heteroatoms. The van der Waals surface area contributed by atoms with E-state index in [-0.39, 0.29) is 39.2 Å². The predicted molar refractivity (Wildman–Crippen MR) is 281 cm³/mol. The maximum Gasteiger partial charge on any atom is 0.252 e. The molecule has 6 aromatic rings. The number of benzene rings is 6. The van der Waals surface area contributed by atoms with E-state index in [0.29, 0.717) is 0 Å². The first-order chi connectivity index (χ1) is 29.6. The van der Waals surface area contributed by atoms with Crippen LogP contribution in [0.2, 0.25) is 0 Å². The van der Waals surface area contributed by atoms with Crippen molar-refractivity contribution in [2.45, 2.75) is 163 Å². The van der Waals surface area contributed by atoms with E-state index in [1.54, 1.807) is 0 Å². The number of fused-ring (bicyclic) bond motifs is 5. The number of hydrogen-bond acceptors (Lipinski definition) is 2. The lowest BCUT2D eigenvalue weighted by Gasteiger charge is -2.47. The summed E-state index contributed by atoms with van der Waals surface area (Å²) in [4.78, 5) is 5.27. The number of hydrogen-bond donors (Lipinski definition) is 0. The standard InChI is InChI=1S/C61H73BN2/c1-38-32-53-55-54(33-38)64(52-37-47-46(60(14,15)30-31-61(47,16)17)36-45(52)39-18-20-40(21-19-39)56(2,3)4)51-29-25-43(59(11,12)13)35-49(51)62(55)48-34-42(58(8,9)10)24-28-50(48)63(53)44-26-22-41(23-27-44)57(5,6)7/h18-29,32-37H,30-31H2,1-17H3. The third-order valence-corrected chi connectivity index (χ3v) is 15.2. The van der Waals surface area contributed by atoms with Crippen molar-refractivity contribution in [1.29, 1.82) is 0 Å². The highest BCUT2D eigenvalue weighted by Gasteiger charge is 2.46. The summed E-state index contributed by atoms with van der Waals surface area (Å²) in [6.45, 7) is 40.2. The molecule has 330 valence electrons. The van der Waals surface area contributed by atoms with E-state index in [2.05, 4.69) is 237 Å². The van der Waals surface area contributed by atoms with Crippen molar-refractivity contribution >= 4 is 57.2 Å². The molecule has 0 saturated heterocycles. The van der Waals surface area contributed by atoms with Crippen LogP contribution >= 0.6 is 0 Å². The molecule has 0 amide bonds. The second-order valence-corrected chi connectivity index (χ2v) is 25.2. The maximum atomic E-state index is 2.69. The lowest BCUT2D eigenvalue weighted by atomic mass is 9.33. The van der Waals surface area contributed by atoms with E-state index in [0.717, 1.165) is 6.42 Å². The lowest BCUT2D eigenvalue weighted by Crippen LogP contribution is -2.61. The molecule has 0 atom stereocenters. The molecule has 3 aliphatic rings. The third kappa shape index (κ3) is 7.34. The molecule has 0 N–H and O–H groups in total. The van der Waals surface area contributed by atoms with E-state index in [4.69, 9.17) is 0 Å². The predicted octanol–water partition coefficient (Wildman–Crippen LogP) is 15.3. The monoisotopic (exact) mass is 845 g/mol. The van der Waals surface area contributed by atoms with Crippen molar-refractivity contribution in [3.8, 4) is 11.1 Å². The van der Waals surface area contributed by atoms with Crippen LogP contribution in [0.5, 0.6) is 0 Å². The SMILES string of the molecule is Cc1cc2c3c(c1)N(c1cc4c(cc1-c1ccc(C(C)(C)C)cc1)C(C)(C)CCC4(C)C)c1ccc(C(C)(C)C)cc1B3c1cc(C(C)(C)C)ccc1N2c1ccc(C(C)(C)C)cc1. The van der Waals surface area contributed by atoms with Gasteiger partial charge in [0.1, 0.15) is 0 Å². The van der Waals surface area contributed by atoms with Gasteiger partial charge in [0, 0.05) is 34.0 Å². The van der Waals surface area contributed by atoms with Gasteiger partial charge in [0.25, 0.3) is 6.71 Å². The summed E-state index contributed by atoms with van der Waals surface area (Å²) in [6, 6.07) is 43.9. The Morgan fingerprint density at radius 1 is 0.422 bits per heavy atom. The molecule has 2 aliphatic heterocycles. The zero-order chi connectivity index (χ0) is 46.3. The zero-order valence-electron chi connectivity index (χ0n) is 42.3. The smallest absolute Gasteiger partial charge is 0.252 e. The van der Waals surface area contributed by atoms with Gasteiger partial charge in [0.2, 0.25) is 0 Å². The van der Waals surface area contributed by atoms with Gasteiger partial charge in [-0.15, -0.1) is 0 Å². The van der Waals surface area contributed by atoms with Crippen LogP contribution in [0.3, 0.4) is 0 Å². The van der Waals surface area contributed by atoms with Crippen molar-refractivity contribution in [3.63, 3.8) is 0 Å². The van der Waals surface area contributed by atoms with Crippen LogP contribution in [0, 0.1) is 6.92 Å². The second-order valence-electron chi connectivity index (χ2n) is 25.2. The summed E-state index contributed by atoms with van der Waals surface area (Å²) in [5, 5.41) is 0. The van der Waals surface area contributed by atoms with E-state index in [1.807, 2.05) is 0 Å². The molecule has 0 aromatic heterocycles. The molecular formula is C61H73BN2. The summed E-state index contributed by atoms with van der Waals surface area (Å²) < 4.78 is 0. The first-order valence-electron chi connectivity index (χ1n) is 24.1. The molecule has 9 rings (SSSR count). The quantitative estimate of drug-likeness (QED) is 0.164. The van der Waals surface area contributed by atoms with Crippen LogP contribution in [0.1, 0.15) is 163 Å². The number of aryl methyl sites for hydroxylation is 1. The maximum absolute atomic E-state index is 2.69. The molecule has 2 nitrogen and oxygen atoms in total. The largest absolute Gasteiger partial charge is 0.311 e. The van der Waals surface area contributed by atoms with Gasteiger partial charge in [-0.1, -0.05) is 171 Å². The lowest BCUT2D eigenvalue weighted by molar-refractivity contribution is 0.332. The average molecular weight is 845 g/mol. The highest BCUT2D eigenvalue weighted by molar-refractivity contribution is 7.00. The third-order valence-electron chi connectivity index (χ3n) is 15.2. The van der Waals surface area contributed by atoms with Gasteiger partial charge < -0.3 is 9.80 Å². The minimum Gasteiger partial charge on any atom is -0.311 e. The summed E-state index contributed by atoms with van der Waals surface area (Å²) in [5.74, 6) is 0. The molecule has 6 aromatic carbocycles. The van der Waals surface area contributed by atoms with Crippen LogP contribution in [0.4, 0.5) is 34.1 Å². The van der Waals surface area contributed by atoms with Crippen molar-refractivity contribution in [1.82, 2.24) is 0 Å². The van der Waals surface area contributed by atoms with Crippen molar-refractivity contribution < 1.29 is 0 Å². The highest BCUT2D eigenvalue weighted by Crippen LogP contribution is 2.53. The highest BCUT2D eigenvalue weighted by atomic mass is 15.2. The molecule has 0 unspecified atom stereocenters. The van der Waals surface area contributed by atoms with Crippen molar-refractivity contribution in [2.24, 2.45) is 0 Å². The van der Waals surface area contributed by atoms with E-state index < -0.39 is 0 Å². The van der Waals surface area contributed by atoms with Crippen LogP contribution in [-0.4, -0.2) is 6.71 Å². The first-order valence-corrected chi connectivity index (χ1v) is 24.1. The van der Waals surface area contributed by atoms with E-state index in [9.17, 15) is 0 Å². The van der Waals surface area contributed by atoms with Crippen molar-refractivity contribution in [2.75, 3.05) is 9.80 Å². The molecule has 2 heterocycles. The molecule has 0 saturated carbocycles. The van der Waals surface area contributed by atoms with Gasteiger partial charge in [0.05, 0.1) is 5.69 Å². The molecule has 0 radical (unpaired) electrons. The molecule has 0 bridgehead atoms. The van der Waals surface area contributed by atoms with Crippen molar-refractivity contribution in [3.05, 3.63) is 148 Å². The Balaban J connectivity index is 1.41. The fourth-order valence-electron chi connectivity index (χ4n) is 10.9. The fourth-order valence-corrected chi connectivity index (χ4v) is 10.9. The Morgan fingerprint density at radius 3 is 1.30 bits per heavy atom.